The first-order valence-electron chi connectivity index (χ1n) is 6.18. The molecule has 4 nitrogen and oxygen atoms in total. The Morgan fingerprint density at radius 1 is 1.12 bits per heavy atom. The Balaban J connectivity index is 1.96. The molecule has 2 atom stereocenters. The second kappa shape index (κ2) is 5.02. The van der Waals surface area contributed by atoms with E-state index in [4.69, 9.17) is 0 Å². The number of rotatable bonds is 2. The van der Waals surface area contributed by atoms with Crippen LogP contribution in [0.25, 0.3) is 0 Å². The topological polar surface area (TPSA) is 57.6 Å². The van der Waals surface area contributed by atoms with Gasteiger partial charge in [0.2, 0.25) is 0 Å². The van der Waals surface area contributed by atoms with Gasteiger partial charge in [-0.2, -0.15) is 0 Å². The minimum Gasteiger partial charge on any atom is -0.396 e. The summed E-state index contributed by atoms with van der Waals surface area (Å²) in [5, 5.41) is 9.35. The Morgan fingerprint density at radius 3 is 2.38 bits per heavy atom. The molecule has 0 bridgehead atoms. The van der Waals surface area contributed by atoms with E-state index in [1.54, 1.807) is 0 Å². The van der Waals surface area contributed by atoms with E-state index in [1.807, 2.05) is 0 Å². The maximum Gasteiger partial charge on any atom is 0.152 e. The third-order valence-corrected chi connectivity index (χ3v) is 5.56. The monoisotopic (exact) mass is 247 g/mol. The van der Waals surface area contributed by atoms with Crippen LogP contribution in [-0.4, -0.2) is 55.7 Å². The standard InChI is InChI=1S/C11H21NO3S/c13-9-10-3-1-2-4-11(10)12-5-7-16(14,15)8-6-12/h10-11,13H,1-9H2. The molecule has 1 saturated carbocycles. The average Bonchev–Trinajstić information content (AvgIpc) is 2.29. The summed E-state index contributed by atoms with van der Waals surface area (Å²) in [7, 11) is -2.78. The molecule has 1 N–H and O–H groups in total. The minimum atomic E-state index is -2.78. The molecule has 2 aliphatic rings. The largest absolute Gasteiger partial charge is 0.396 e. The first-order valence-corrected chi connectivity index (χ1v) is 8.00. The van der Waals surface area contributed by atoms with Crippen molar-refractivity contribution in [3.63, 3.8) is 0 Å². The highest BCUT2D eigenvalue weighted by Gasteiger charge is 2.33. The predicted octanol–water partition coefficient (Wildman–Crippen LogP) is 0.268. The number of hydrogen-bond donors (Lipinski definition) is 1. The summed E-state index contributed by atoms with van der Waals surface area (Å²) in [4.78, 5) is 2.28. The van der Waals surface area contributed by atoms with Gasteiger partial charge in [-0.05, 0) is 18.8 Å². The summed E-state index contributed by atoms with van der Waals surface area (Å²) in [5.74, 6) is 0.943. The summed E-state index contributed by atoms with van der Waals surface area (Å²) < 4.78 is 22.7. The lowest BCUT2D eigenvalue weighted by Crippen LogP contribution is -2.50. The molecule has 94 valence electrons. The Morgan fingerprint density at radius 2 is 1.75 bits per heavy atom. The van der Waals surface area contributed by atoms with Crippen LogP contribution in [0.15, 0.2) is 0 Å². The zero-order chi connectivity index (χ0) is 11.6. The van der Waals surface area contributed by atoms with Gasteiger partial charge in [-0.1, -0.05) is 12.8 Å². The van der Waals surface area contributed by atoms with Gasteiger partial charge >= 0.3 is 0 Å². The number of sulfone groups is 1. The van der Waals surface area contributed by atoms with Crippen molar-refractivity contribution in [3.8, 4) is 0 Å². The van der Waals surface area contributed by atoms with Crippen molar-refractivity contribution in [1.82, 2.24) is 4.90 Å². The average molecular weight is 247 g/mol. The molecule has 0 spiro atoms. The summed E-state index contributed by atoms with van der Waals surface area (Å²) in [6.07, 6.45) is 4.62. The van der Waals surface area contributed by atoms with Crippen LogP contribution < -0.4 is 0 Å². The lowest BCUT2D eigenvalue weighted by Gasteiger charge is -2.41. The fraction of sp³-hybridized carbons (Fsp3) is 1.00. The molecule has 2 rings (SSSR count). The van der Waals surface area contributed by atoms with E-state index in [0.717, 1.165) is 12.8 Å². The number of hydrogen-bond acceptors (Lipinski definition) is 4. The van der Waals surface area contributed by atoms with Gasteiger partial charge in [-0.25, -0.2) is 8.42 Å². The molecule has 0 radical (unpaired) electrons. The molecule has 1 heterocycles. The molecule has 0 aromatic carbocycles. The van der Waals surface area contributed by atoms with E-state index in [-0.39, 0.29) is 6.61 Å². The number of aliphatic hydroxyl groups is 1. The summed E-state index contributed by atoms with van der Waals surface area (Å²) in [6, 6.07) is 0.411. The van der Waals surface area contributed by atoms with Crippen molar-refractivity contribution < 1.29 is 13.5 Å². The van der Waals surface area contributed by atoms with Crippen LogP contribution in [0.2, 0.25) is 0 Å². The van der Waals surface area contributed by atoms with Crippen LogP contribution in [0.5, 0.6) is 0 Å². The van der Waals surface area contributed by atoms with Crippen LogP contribution in [0, 0.1) is 5.92 Å². The summed E-state index contributed by atoms with van der Waals surface area (Å²) in [6.45, 7) is 1.56. The first-order chi connectivity index (χ1) is 7.62. The molecule has 16 heavy (non-hydrogen) atoms. The molecule has 0 aromatic heterocycles. The van der Waals surface area contributed by atoms with Crippen LogP contribution >= 0.6 is 0 Å². The molecule has 5 heteroatoms. The minimum absolute atomic E-state index is 0.244. The highest BCUT2D eigenvalue weighted by molar-refractivity contribution is 7.91. The quantitative estimate of drug-likeness (QED) is 0.761. The molecule has 0 aromatic rings. The number of nitrogens with zero attached hydrogens (tertiary/aromatic N) is 1. The zero-order valence-corrected chi connectivity index (χ0v) is 10.5. The zero-order valence-electron chi connectivity index (χ0n) is 9.64. The Kier molecular flexibility index (Phi) is 3.87. The van der Waals surface area contributed by atoms with E-state index in [2.05, 4.69) is 4.90 Å². The summed E-state index contributed by atoms with van der Waals surface area (Å²) in [5.41, 5.74) is 0. The second-order valence-electron chi connectivity index (χ2n) is 4.98. The van der Waals surface area contributed by atoms with Crippen molar-refractivity contribution in [2.45, 2.75) is 31.7 Å². The van der Waals surface area contributed by atoms with Crippen LogP contribution in [0.3, 0.4) is 0 Å². The Labute approximate surface area is 97.6 Å². The van der Waals surface area contributed by atoms with Gasteiger partial charge in [0.1, 0.15) is 0 Å². The third-order valence-electron chi connectivity index (χ3n) is 3.95. The van der Waals surface area contributed by atoms with E-state index in [1.165, 1.54) is 12.8 Å². The molecule has 1 aliphatic heterocycles. The maximum atomic E-state index is 11.4. The van der Waals surface area contributed by atoms with E-state index in [9.17, 15) is 13.5 Å². The van der Waals surface area contributed by atoms with Crippen molar-refractivity contribution in [1.29, 1.82) is 0 Å². The fourth-order valence-corrected chi connectivity index (χ4v) is 4.17. The Bertz CT molecular complexity index is 314. The highest BCUT2D eigenvalue weighted by Crippen LogP contribution is 2.29. The van der Waals surface area contributed by atoms with Gasteiger partial charge in [0.25, 0.3) is 0 Å². The fourth-order valence-electron chi connectivity index (χ4n) is 2.94. The predicted molar refractivity (Wildman–Crippen MR) is 63.1 cm³/mol. The van der Waals surface area contributed by atoms with Gasteiger partial charge < -0.3 is 5.11 Å². The van der Waals surface area contributed by atoms with Crippen LogP contribution in [-0.2, 0) is 9.84 Å². The normalized spacial score (nSPS) is 36.1. The summed E-state index contributed by atoms with van der Waals surface area (Å²) >= 11 is 0. The van der Waals surface area contributed by atoms with E-state index >= 15 is 0 Å². The van der Waals surface area contributed by atoms with Gasteiger partial charge in [0.05, 0.1) is 11.5 Å². The maximum absolute atomic E-state index is 11.4. The first kappa shape index (κ1) is 12.3. The van der Waals surface area contributed by atoms with Gasteiger partial charge in [0.15, 0.2) is 9.84 Å². The molecule has 2 unspecified atom stereocenters. The van der Waals surface area contributed by atoms with Crippen molar-refractivity contribution in [3.05, 3.63) is 0 Å². The highest BCUT2D eigenvalue weighted by atomic mass is 32.2. The lowest BCUT2D eigenvalue weighted by molar-refractivity contribution is 0.0710. The van der Waals surface area contributed by atoms with E-state index < -0.39 is 9.84 Å². The Hall–Kier alpha value is -0.130. The number of aliphatic hydroxyl groups excluding tert-OH is 1. The van der Waals surface area contributed by atoms with Crippen molar-refractivity contribution in [2.75, 3.05) is 31.2 Å². The molecule has 1 aliphatic carbocycles. The van der Waals surface area contributed by atoms with Gasteiger partial charge in [-0.3, -0.25) is 4.90 Å². The van der Waals surface area contributed by atoms with Crippen LogP contribution in [0.4, 0.5) is 0 Å². The molecular formula is C11H21NO3S. The lowest BCUT2D eigenvalue weighted by atomic mass is 9.84. The molecular weight excluding hydrogens is 226 g/mol. The van der Waals surface area contributed by atoms with Crippen molar-refractivity contribution in [2.24, 2.45) is 5.92 Å². The molecule has 2 fully saturated rings. The van der Waals surface area contributed by atoms with Crippen LogP contribution in [0.1, 0.15) is 25.7 Å². The van der Waals surface area contributed by atoms with Crippen molar-refractivity contribution >= 4 is 9.84 Å². The third kappa shape index (κ3) is 2.76. The SMILES string of the molecule is O=S1(=O)CCN(C2CCCCC2CO)CC1. The molecule has 0 amide bonds. The van der Waals surface area contributed by atoms with E-state index in [0.29, 0.717) is 36.6 Å². The van der Waals surface area contributed by atoms with Gasteiger partial charge in [0, 0.05) is 25.7 Å². The second-order valence-corrected chi connectivity index (χ2v) is 7.29. The smallest absolute Gasteiger partial charge is 0.152 e. The van der Waals surface area contributed by atoms with Gasteiger partial charge in [-0.15, -0.1) is 0 Å². The molecule has 1 saturated heterocycles.